The Kier molecular flexibility index (Phi) is 12.9. The summed E-state index contributed by atoms with van der Waals surface area (Å²) in [4.78, 5) is 66.9. The summed E-state index contributed by atoms with van der Waals surface area (Å²) in [5.41, 5.74) is -2.06. The van der Waals surface area contributed by atoms with Crippen LogP contribution >= 0.6 is 45.7 Å². The number of ether oxygens (including phenoxy) is 2. The Bertz CT molecular complexity index is 2090. The van der Waals surface area contributed by atoms with E-state index in [-0.39, 0.29) is 29.8 Å². The van der Waals surface area contributed by atoms with Gasteiger partial charge < -0.3 is 29.8 Å². The maximum absolute atomic E-state index is 14.3. The topological polar surface area (TPSA) is 149 Å². The zero-order valence-electron chi connectivity index (χ0n) is 34.4. The number of nitrogens with zero attached hydrogens (tertiary/aromatic N) is 3. The molecule has 2 fully saturated rings. The maximum atomic E-state index is 14.3. The zero-order chi connectivity index (χ0) is 42.8. The Morgan fingerprint density at radius 1 is 0.847 bits per heavy atom. The van der Waals surface area contributed by atoms with Crippen LogP contribution in [0.4, 0.5) is 5.13 Å². The van der Waals surface area contributed by atoms with Crippen molar-refractivity contribution in [1.82, 2.24) is 15.2 Å². The second kappa shape index (κ2) is 17.2. The predicted octanol–water partition coefficient (Wildman–Crippen LogP) is 7.55. The summed E-state index contributed by atoms with van der Waals surface area (Å²) in [5.74, 6) is -1.68. The molecule has 312 valence electrons. The number of nitrogens with one attached hydrogen (secondary N) is 2. The highest BCUT2D eigenvalue weighted by Gasteiger charge is 2.58. The summed E-state index contributed by atoms with van der Waals surface area (Å²) >= 11 is 4.85. The molecule has 2 N–H and O–H groups in total. The van der Waals surface area contributed by atoms with Gasteiger partial charge >= 0.3 is 11.9 Å². The van der Waals surface area contributed by atoms with E-state index in [0.717, 1.165) is 16.7 Å². The Hall–Kier alpha value is -4.48. The molecule has 3 heterocycles. The molecule has 0 saturated carbocycles. The lowest BCUT2D eigenvalue weighted by Crippen LogP contribution is -2.74. The van der Waals surface area contributed by atoms with Crippen molar-refractivity contribution in [3.05, 3.63) is 119 Å². The number of esters is 2. The quantitative estimate of drug-likeness (QED) is 0.0262. The average Bonchev–Trinajstić information content (AvgIpc) is 3.66. The van der Waals surface area contributed by atoms with Gasteiger partial charge in [0.1, 0.15) is 39.3 Å². The first kappa shape index (κ1) is 44.1. The lowest BCUT2D eigenvalue weighted by atomic mass is 9.77. The fraction of sp³-hybridized carbons (Fsp3) is 0.409. The van der Waals surface area contributed by atoms with Gasteiger partial charge in [0.25, 0.3) is 5.91 Å². The summed E-state index contributed by atoms with van der Waals surface area (Å²) in [6.45, 7) is 13.8. The van der Waals surface area contributed by atoms with E-state index in [2.05, 4.69) is 38.4 Å². The summed E-state index contributed by atoms with van der Waals surface area (Å²) in [6, 6.07) is 29.2. The molecular weight excluding hydrogens is 902 g/mol. The molecular formula is C44H50IN5O7S2. The van der Waals surface area contributed by atoms with Gasteiger partial charge in [-0.25, -0.2) is 9.78 Å². The number of amides is 2. The molecule has 3 atom stereocenters. The Balaban J connectivity index is 1.33. The van der Waals surface area contributed by atoms with Crippen molar-refractivity contribution in [2.75, 3.05) is 22.0 Å². The smallest absolute Gasteiger partial charge is 0.353 e. The lowest BCUT2D eigenvalue weighted by Gasteiger charge is -2.54. The highest BCUT2D eigenvalue weighted by atomic mass is 127. The number of oxime groups is 1. The molecule has 12 nitrogen and oxygen atoms in total. The number of thiazole rings is 1. The van der Waals surface area contributed by atoms with E-state index in [4.69, 9.17) is 19.3 Å². The van der Waals surface area contributed by atoms with E-state index in [1.807, 2.05) is 112 Å². The Morgan fingerprint density at radius 3 is 1.86 bits per heavy atom. The number of halogens is 1. The molecule has 0 bridgehead atoms. The largest absolute Gasteiger partial charge is 0.459 e. The van der Waals surface area contributed by atoms with Crippen LogP contribution in [-0.2, 0) is 39.0 Å². The van der Waals surface area contributed by atoms with E-state index < -0.39 is 51.0 Å². The number of carbonyl (C=O) groups is 4. The highest BCUT2D eigenvalue weighted by Crippen LogP contribution is 2.44. The molecule has 2 amide bonds. The minimum atomic E-state index is -1.59. The first-order valence-corrected chi connectivity index (χ1v) is 22.7. The van der Waals surface area contributed by atoms with Crippen molar-refractivity contribution < 1.29 is 33.5 Å². The van der Waals surface area contributed by atoms with Crippen molar-refractivity contribution in [2.24, 2.45) is 10.6 Å². The van der Waals surface area contributed by atoms with Crippen LogP contribution in [0.2, 0.25) is 0 Å². The second-order valence-electron chi connectivity index (χ2n) is 17.1. The molecule has 0 spiro atoms. The lowest BCUT2D eigenvalue weighted by molar-refractivity contribution is -0.179. The van der Waals surface area contributed by atoms with Gasteiger partial charge in [-0.05, 0) is 72.1 Å². The first-order valence-electron chi connectivity index (χ1n) is 19.2. The fourth-order valence-corrected chi connectivity index (χ4v) is 10.1. The number of benzene rings is 3. The summed E-state index contributed by atoms with van der Waals surface area (Å²) < 4.78 is 11.8. The number of alkyl halides is 1. The number of carbonyl (C=O) groups excluding carboxylic acids is 4. The van der Waals surface area contributed by atoms with Crippen molar-refractivity contribution in [2.45, 2.75) is 89.1 Å². The van der Waals surface area contributed by atoms with E-state index in [1.54, 1.807) is 31.1 Å². The van der Waals surface area contributed by atoms with Gasteiger partial charge in [-0.15, -0.1) is 23.1 Å². The van der Waals surface area contributed by atoms with Crippen molar-refractivity contribution >= 4 is 80.3 Å². The van der Waals surface area contributed by atoms with E-state index in [9.17, 15) is 19.2 Å². The number of hydrogen-bond acceptors (Lipinski definition) is 12. The predicted molar refractivity (Wildman–Crippen MR) is 240 cm³/mol. The maximum Gasteiger partial charge on any atom is 0.353 e. The normalized spacial score (nSPS) is 19.8. The number of hydrogen-bond donors (Lipinski definition) is 2. The van der Waals surface area contributed by atoms with Gasteiger partial charge in [-0.1, -0.05) is 119 Å². The van der Waals surface area contributed by atoms with Crippen LogP contribution in [0.5, 0.6) is 0 Å². The summed E-state index contributed by atoms with van der Waals surface area (Å²) in [5, 5.41) is 12.6. The van der Waals surface area contributed by atoms with E-state index in [1.165, 1.54) is 36.9 Å². The Labute approximate surface area is 367 Å². The minimum Gasteiger partial charge on any atom is -0.459 e. The number of anilines is 1. The average molecular weight is 952 g/mol. The molecule has 2 unspecified atom stereocenters. The highest BCUT2D eigenvalue weighted by molar-refractivity contribution is 14.1. The fourth-order valence-electron chi connectivity index (χ4n) is 6.67. The molecule has 4 aromatic rings. The van der Waals surface area contributed by atoms with Gasteiger partial charge in [0, 0.05) is 22.1 Å². The van der Waals surface area contributed by atoms with Crippen LogP contribution in [-0.4, -0.2) is 84.3 Å². The molecule has 15 heteroatoms. The van der Waals surface area contributed by atoms with Gasteiger partial charge in [-0.3, -0.25) is 14.4 Å². The number of aromatic nitrogens is 1. The monoisotopic (exact) mass is 951 g/mol. The van der Waals surface area contributed by atoms with E-state index in [0.29, 0.717) is 15.3 Å². The third-order valence-corrected chi connectivity index (χ3v) is 13.5. The Morgan fingerprint density at radius 2 is 1.37 bits per heavy atom. The summed E-state index contributed by atoms with van der Waals surface area (Å²) in [6.07, 6.45) is 0. The van der Waals surface area contributed by atoms with Crippen LogP contribution in [0, 0.1) is 5.41 Å². The standard InChI is InChI=1S/C44H50IN5O7S2/c1-40(2,3)55-37(53)42(7,8)57-49-32(34(51)47-33-35(52)50-26-43(25-45,27-59-36(33)50)38(54)56-41(4,5)6)31-24-58-39(46-31)48-44(28-18-12-9-13-19-28,29-20-14-10-15-21-29)30-22-16-11-17-23-30/h9-24,33,36H,25-27H2,1-8H3,(H,46,48)(H,47,51)/t33?,36-,43?/m1/s1. The SMILES string of the molecule is CC(C)(C)OC(=O)C1(CI)CS[C@@H]2C(NC(=O)C(=NOC(C)(C)C(=O)OC(C)(C)C)c3csc(NC(c4ccccc4)(c4ccccc4)c4ccccc4)n3)C(=O)N2C1. The molecule has 59 heavy (non-hydrogen) atoms. The summed E-state index contributed by atoms with van der Waals surface area (Å²) in [7, 11) is 0. The number of fused-ring (bicyclic) bond motifs is 1. The second-order valence-corrected chi connectivity index (χ2v) is 19.8. The van der Waals surface area contributed by atoms with Gasteiger partial charge in [0.15, 0.2) is 10.8 Å². The van der Waals surface area contributed by atoms with Crippen LogP contribution in [0.1, 0.15) is 77.8 Å². The third-order valence-electron chi connectivity index (χ3n) is 9.65. The number of β-lactam (4-membered cyclic amide) rings is 1. The van der Waals surface area contributed by atoms with Gasteiger partial charge in [-0.2, -0.15) is 0 Å². The molecule has 3 aromatic carbocycles. The van der Waals surface area contributed by atoms with Gasteiger partial charge in [0.2, 0.25) is 11.5 Å². The molecule has 1 aromatic heterocycles. The molecule has 2 aliphatic rings. The molecule has 2 saturated heterocycles. The molecule has 2 aliphatic heterocycles. The van der Waals surface area contributed by atoms with Crippen LogP contribution in [0.25, 0.3) is 0 Å². The zero-order valence-corrected chi connectivity index (χ0v) is 38.2. The molecule has 0 radical (unpaired) electrons. The van der Waals surface area contributed by atoms with Gasteiger partial charge in [0.05, 0.1) is 0 Å². The van der Waals surface area contributed by atoms with Crippen molar-refractivity contribution in [3.8, 4) is 0 Å². The molecule has 6 rings (SSSR count). The van der Waals surface area contributed by atoms with Crippen LogP contribution < -0.4 is 10.6 Å². The van der Waals surface area contributed by atoms with Crippen molar-refractivity contribution in [3.63, 3.8) is 0 Å². The van der Waals surface area contributed by atoms with Crippen LogP contribution in [0.3, 0.4) is 0 Å². The molecule has 0 aliphatic carbocycles. The minimum absolute atomic E-state index is 0.159. The third kappa shape index (κ3) is 9.62. The van der Waals surface area contributed by atoms with Crippen LogP contribution in [0.15, 0.2) is 102 Å². The number of thioether (sulfide) groups is 1. The number of rotatable bonds is 13. The van der Waals surface area contributed by atoms with Crippen molar-refractivity contribution in [1.29, 1.82) is 0 Å². The van der Waals surface area contributed by atoms with E-state index >= 15 is 0 Å². The first-order chi connectivity index (χ1) is 27.8.